The minimum Gasteiger partial charge on any atom is -0.266 e. The number of halogens is 1. The summed E-state index contributed by atoms with van der Waals surface area (Å²) in [5.41, 5.74) is 1.82. The molecule has 82 valence electrons. The highest BCUT2D eigenvalue weighted by Crippen LogP contribution is 2.15. The molecular weight excluding hydrogens is 244 g/mol. The van der Waals surface area contributed by atoms with Crippen molar-refractivity contribution in [3.63, 3.8) is 0 Å². The van der Waals surface area contributed by atoms with Gasteiger partial charge in [-0.05, 0) is 18.6 Å². The minimum atomic E-state index is 0.543. The molecule has 4 nitrogen and oxygen atoms in total. The number of pyridine rings is 1. The van der Waals surface area contributed by atoms with Crippen LogP contribution >= 0.6 is 11.6 Å². The number of nitrogens with zero attached hydrogens (tertiary/aromatic N) is 4. The quantitative estimate of drug-likeness (QED) is 0.844. The zero-order valence-electron chi connectivity index (χ0n) is 8.59. The van der Waals surface area contributed by atoms with Gasteiger partial charge in [0.15, 0.2) is 5.82 Å². The van der Waals surface area contributed by atoms with E-state index in [1.165, 1.54) is 0 Å². The Morgan fingerprint density at radius 1 is 1.56 bits per heavy atom. The Morgan fingerprint density at radius 2 is 2.38 bits per heavy atom. The summed E-state index contributed by atoms with van der Waals surface area (Å²) in [6.45, 7) is 2.48. The van der Waals surface area contributed by atoms with Crippen LogP contribution in [-0.4, -0.2) is 14.8 Å². The monoisotopic (exact) mass is 252 g/mol. The van der Waals surface area contributed by atoms with Crippen molar-refractivity contribution in [2.75, 3.05) is 0 Å². The number of hydrogen-bond donors (Lipinski definition) is 0. The van der Waals surface area contributed by atoms with E-state index in [-0.39, 0.29) is 0 Å². The maximum Gasteiger partial charge on any atom is 0.187 e. The summed E-state index contributed by atoms with van der Waals surface area (Å²) >= 11 is 10.5. The van der Waals surface area contributed by atoms with Gasteiger partial charge in [-0.15, -0.1) is 0 Å². The fraction of sp³-hybridized carbons (Fsp3) is 0.200. The summed E-state index contributed by atoms with van der Waals surface area (Å²) in [5.74, 6) is 0.543. The van der Waals surface area contributed by atoms with Gasteiger partial charge in [0.1, 0.15) is 0 Å². The summed E-state index contributed by atoms with van der Waals surface area (Å²) in [6.07, 6.45) is 3.60. The van der Waals surface area contributed by atoms with Gasteiger partial charge in [0.2, 0.25) is 0 Å². The van der Waals surface area contributed by atoms with Crippen molar-refractivity contribution in [3.8, 4) is 0 Å². The summed E-state index contributed by atoms with van der Waals surface area (Å²) in [4.78, 5) is 4.18. The van der Waals surface area contributed by atoms with E-state index in [0.717, 1.165) is 11.3 Å². The van der Waals surface area contributed by atoms with Crippen molar-refractivity contribution < 1.29 is 0 Å². The first-order valence-corrected chi connectivity index (χ1v) is 5.41. The average molecular weight is 253 g/mol. The lowest BCUT2D eigenvalue weighted by Gasteiger charge is -2.03. The van der Waals surface area contributed by atoms with Crippen LogP contribution in [0.1, 0.15) is 11.3 Å². The molecule has 2 aromatic heterocycles. The van der Waals surface area contributed by atoms with Crippen molar-refractivity contribution in [3.05, 3.63) is 40.8 Å². The van der Waals surface area contributed by atoms with Gasteiger partial charge in [-0.3, -0.25) is 9.67 Å². The molecule has 0 aliphatic heterocycles. The van der Waals surface area contributed by atoms with Crippen LogP contribution in [0, 0.1) is 6.92 Å². The van der Waals surface area contributed by atoms with Crippen LogP contribution in [0.25, 0.3) is 0 Å². The average Bonchev–Trinajstić information content (AvgIpc) is 2.71. The SMILES string of the molecule is Cc1ncc(Cn2ccc(N=S)n2)cc1Cl. The molecule has 0 N–H and O–H groups in total. The standard InChI is InChI=1S/C10H9ClN4S/c1-7-9(11)4-8(5-12-7)6-15-3-2-10(13-15)14-16/h2-5H,6H2,1H3. The van der Waals surface area contributed by atoms with Crippen LogP contribution in [0.4, 0.5) is 5.82 Å². The zero-order chi connectivity index (χ0) is 11.5. The van der Waals surface area contributed by atoms with Crippen molar-refractivity contribution in [2.45, 2.75) is 13.5 Å². The molecule has 0 spiro atoms. The summed E-state index contributed by atoms with van der Waals surface area (Å²) in [5, 5.41) is 4.82. The van der Waals surface area contributed by atoms with Crippen LogP contribution in [0.3, 0.4) is 0 Å². The van der Waals surface area contributed by atoms with Gasteiger partial charge >= 0.3 is 0 Å². The first kappa shape index (κ1) is 11.2. The molecule has 0 amide bonds. The molecule has 0 unspecified atom stereocenters. The Bertz CT molecular complexity index is 523. The molecule has 16 heavy (non-hydrogen) atoms. The highest BCUT2D eigenvalue weighted by molar-refractivity contribution is 7.47. The molecular formula is C10H9ClN4S. The maximum atomic E-state index is 5.99. The third-order valence-corrected chi connectivity index (χ3v) is 2.72. The first-order chi connectivity index (χ1) is 7.69. The van der Waals surface area contributed by atoms with E-state index in [1.807, 2.05) is 19.2 Å². The molecule has 6 heteroatoms. The summed E-state index contributed by atoms with van der Waals surface area (Å²) in [6, 6.07) is 3.65. The highest BCUT2D eigenvalue weighted by Gasteiger charge is 2.02. The second-order valence-electron chi connectivity index (χ2n) is 3.37. The molecule has 0 aliphatic rings. The fourth-order valence-electron chi connectivity index (χ4n) is 1.31. The normalized spacial score (nSPS) is 10.4. The predicted octanol–water partition coefficient (Wildman–Crippen LogP) is 2.65. The fourth-order valence-corrected chi connectivity index (χ4v) is 1.59. The van der Waals surface area contributed by atoms with Gasteiger partial charge in [0.05, 0.1) is 17.3 Å². The van der Waals surface area contributed by atoms with E-state index in [9.17, 15) is 0 Å². The lowest BCUT2D eigenvalue weighted by Crippen LogP contribution is -2.01. The lowest BCUT2D eigenvalue weighted by atomic mass is 10.2. The van der Waals surface area contributed by atoms with E-state index >= 15 is 0 Å². The lowest BCUT2D eigenvalue weighted by molar-refractivity contribution is 0.686. The first-order valence-electron chi connectivity index (χ1n) is 4.67. The van der Waals surface area contributed by atoms with Gasteiger partial charge in [0.25, 0.3) is 0 Å². The number of aromatic nitrogens is 3. The van der Waals surface area contributed by atoms with Gasteiger partial charge in [-0.25, -0.2) is 0 Å². The van der Waals surface area contributed by atoms with Gasteiger partial charge in [-0.1, -0.05) is 11.6 Å². The van der Waals surface area contributed by atoms with E-state index in [4.69, 9.17) is 11.6 Å². The highest BCUT2D eigenvalue weighted by atomic mass is 35.5. The largest absolute Gasteiger partial charge is 0.266 e. The minimum absolute atomic E-state index is 0.543. The second-order valence-corrected chi connectivity index (χ2v) is 3.96. The Morgan fingerprint density at radius 3 is 3.00 bits per heavy atom. The second kappa shape index (κ2) is 4.67. The molecule has 0 fully saturated rings. The number of hydrogen-bond acceptors (Lipinski definition) is 4. The van der Waals surface area contributed by atoms with Crippen LogP contribution in [0.15, 0.2) is 28.9 Å². The molecule has 0 bridgehead atoms. The maximum absolute atomic E-state index is 5.99. The number of aryl methyl sites for hydroxylation is 1. The summed E-state index contributed by atoms with van der Waals surface area (Å²) < 4.78 is 5.32. The van der Waals surface area contributed by atoms with Crippen LogP contribution < -0.4 is 0 Å². The summed E-state index contributed by atoms with van der Waals surface area (Å²) in [7, 11) is 0. The molecule has 0 aliphatic carbocycles. The molecule has 0 saturated carbocycles. The van der Waals surface area contributed by atoms with E-state index in [0.29, 0.717) is 17.4 Å². The molecule has 2 aromatic rings. The topological polar surface area (TPSA) is 43.1 Å². The third kappa shape index (κ3) is 2.43. The third-order valence-electron chi connectivity index (χ3n) is 2.15. The van der Waals surface area contributed by atoms with E-state index in [2.05, 4.69) is 26.9 Å². The molecule has 2 heterocycles. The van der Waals surface area contributed by atoms with Crippen molar-refractivity contribution in [1.29, 1.82) is 0 Å². The van der Waals surface area contributed by atoms with Crippen molar-refractivity contribution >= 4 is 29.8 Å². The molecule has 0 saturated heterocycles. The Balaban J connectivity index is 2.20. The molecule has 0 radical (unpaired) electrons. The Labute approximate surface area is 103 Å². The van der Waals surface area contributed by atoms with E-state index < -0.39 is 0 Å². The van der Waals surface area contributed by atoms with Gasteiger partial charge < -0.3 is 0 Å². The molecule has 0 aromatic carbocycles. The molecule has 2 rings (SSSR count). The van der Waals surface area contributed by atoms with Crippen LogP contribution in [0.5, 0.6) is 0 Å². The van der Waals surface area contributed by atoms with Crippen LogP contribution in [0.2, 0.25) is 5.02 Å². The van der Waals surface area contributed by atoms with Gasteiger partial charge in [0, 0.05) is 30.9 Å². The smallest absolute Gasteiger partial charge is 0.187 e. The van der Waals surface area contributed by atoms with Gasteiger partial charge in [-0.2, -0.15) is 9.46 Å². The van der Waals surface area contributed by atoms with E-state index in [1.54, 1.807) is 16.9 Å². The predicted molar refractivity (Wildman–Crippen MR) is 64.8 cm³/mol. The zero-order valence-corrected chi connectivity index (χ0v) is 10.2. The number of rotatable bonds is 3. The van der Waals surface area contributed by atoms with Crippen LogP contribution in [-0.2, 0) is 19.0 Å². The Kier molecular flexibility index (Phi) is 3.26. The van der Waals surface area contributed by atoms with Crippen molar-refractivity contribution in [2.24, 2.45) is 4.36 Å². The molecule has 0 atom stereocenters. The Hall–Kier alpha value is -1.33. The van der Waals surface area contributed by atoms with Crippen molar-refractivity contribution in [1.82, 2.24) is 14.8 Å².